The van der Waals surface area contributed by atoms with Crippen molar-refractivity contribution < 1.29 is 4.79 Å². The van der Waals surface area contributed by atoms with Crippen molar-refractivity contribution in [3.05, 3.63) is 35.9 Å². The van der Waals surface area contributed by atoms with Crippen LogP contribution in [0.5, 0.6) is 0 Å². The summed E-state index contributed by atoms with van der Waals surface area (Å²) >= 11 is 0. The van der Waals surface area contributed by atoms with Gasteiger partial charge in [-0.2, -0.15) is 0 Å². The summed E-state index contributed by atoms with van der Waals surface area (Å²) < 4.78 is 0. The van der Waals surface area contributed by atoms with Crippen LogP contribution < -0.4 is 5.32 Å². The first kappa shape index (κ1) is 10.8. The Bertz CT molecular complexity index is 395. The molecule has 3 rings (SSSR count). The molecule has 1 amide bonds. The van der Waals surface area contributed by atoms with Crippen LogP contribution in [0.3, 0.4) is 0 Å². The quantitative estimate of drug-likeness (QED) is 0.848. The summed E-state index contributed by atoms with van der Waals surface area (Å²) in [6.07, 6.45) is 5.93. The predicted octanol–water partition coefficient (Wildman–Crippen LogP) is 2.85. The van der Waals surface area contributed by atoms with Gasteiger partial charge in [0.2, 0.25) is 5.91 Å². The van der Waals surface area contributed by atoms with Crippen molar-refractivity contribution in [2.75, 3.05) is 0 Å². The van der Waals surface area contributed by atoms with Crippen LogP contribution in [-0.4, -0.2) is 11.9 Å². The third kappa shape index (κ3) is 2.36. The van der Waals surface area contributed by atoms with Gasteiger partial charge in [0.15, 0.2) is 0 Å². The minimum atomic E-state index is 0.234. The Morgan fingerprint density at radius 3 is 2.53 bits per heavy atom. The van der Waals surface area contributed by atoms with Crippen molar-refractivity contribution in [3.63, 3.8) is 0 Å². The fourth-order valence-electron chi connectivity index (χ4n) is 2.93. The summed E-state index contributed by atoms with van der Waals surface area (Å²) in [6.45, 7) is 0. The van der Waals surface area contributed by atoms with Crippen LogP contribution in [0.15, 0.2) is 30.3 Å². The number of nitrogens with one attached hydrogen (secondary N) is 1. The number of rotatable bonds is 3. The van der Waals surface area contributed by atoms with Crippen LogP contribution in [0.4, 0.5) is 0 Å². The molecule has 2 atom stereocenters. The smallest absolute Gasteiger partial charge is 0.223 e. The fourth-order valence-corrected chi connectivity index (χ4v) is 2.93. The van der Waals surface area contributed by atoms with E-state index in [1.54, 1.807) is 0 Å². The summed E-state index contributed by atoms with van der Waals surface area (Å²) in [5.41, 5.74) is 1.32. The highest BCUT2D eigenvalue weighted by Crippen LogP contribution is 2.47. The van der Waals surface area contributed by atoms with E-state index in [2.05, 4.69) is 29.6 Å². The van der Waals surface area contributed by atoms with Crippen LogP contribution in [0.1, 0.15) is 43.6 Å². The first-order chi connectivity index (χ1) is 8.34. The fraction of sp³-hybridized carbons (Fsp3) is 0.533. The van der Waals surface area contributed by atoms with E-state index < -0.39 is 0 Å². The second kappa shape index (κ2) is 4.52. The van der Waals surface area contributed by atoms with E-state index in [0.717, 1.165) is 6.42 Å². The van der Waals surface area contributed by atoms with E-state index >= 15 is 0 Å². The molecule has 0 radical (unpaired) electrons. The van der Waals surface area contributed by atoms with Gasteiger partial charge in [0.1, 0.15) is 0 Å². The number of carbonyl (C=O) groups is 1. The molecular formula is C15H19NO. The van der Waals surface area contributed by atoms with Gasteiger partial charge in [0, 0.05) is 12.0 Å². The molecule has 2 fully saturated rings. The molecule has 1 N–H and O–H groups in total. The molecule has 1 aromatic rings. The van der Waals surface area contributed by atoms with Crippen LogP contribution in [-0.2, 0) is 4.79 Å². The minimum absolute atomic E-state index is 0.234. The lowest BCUT2D eigenvalue weighted by Gasteiger charge is -2.11. The van der Waals surface area contributed by atoms with Crippen molar-refractivity contribution in [2.45, 2.75) is 44.1 Å². The third-order valence-corrected chi connectivity index (χ3v) is 4.06. The largest absolute Gasteiger partial charge is 0.353 e. The van der Waals surface area contributed by atoms with Crippen LogP contribution in [0.25, 0.3) is 0 Å². The molecule has 17 heavy (non-hydrogen) atoms. The molecule has 2 heteroatoms. The van der Waals surface area contributed by atoms with Gasteiger partial charge in [-0.25, -0.2) is 0 Å². The van der Waals surface area contributed by atoms with Crippen molar-refractivity contribution in [1.82, 2.24) is 5.32 Å². The molecule has 0 bridgehead atoms. The zero-order valence-electron chi connectivity index (χ0n) is 10.1. The summed E-state index contributed by atoms with van der Waals surface area (Å²) in [7, 11) is 0. The normalized spacial score (nSPS) is 28.0. The molecule has 2 nitrogen and oxygen atoms in total. The Morgan fingerprint density at radius 2 is 1.82 bits per heavy atom. The number of hydrogen-bond acceptors (Lipinski definition) is 1. The highest BCUT2D eigenvalue weighted by Gasteiger charge is 2.44. The molecule has 90 valence electrons. The van der Waals surface area contributed by atoms with Crippen molar-refractivity contribution in [3.8, 4) is 0 Å². The lowest BCUT2D eigenvalue weighted by atomic mass is 10.1. The summed E-state index contributed by atoms with van der Waals surface area (Å²) in [4.78, 5) is 12.0. The van der Waals surface area contributed by atoms with Gasteiger partial charge in [-0.15, -0.1) is 0 Å². The predicted molar refractivity (Wildman–Crippen MR) is 67.7 cm³/mol. The van der Waals surface area contributed by atoms with E-state index in [0.29, 0.717) is 12.0 Å². The highest BCUT2D eigenvalue weighted by molar-refractivity contribution is 5.83. The van der Waals surface area contributed by atoms with Crippen molar-refractivity contribution >= 4 is 5.91 Å². The molecular weight excluding hydrogens is 210 g/mol. The standard InChI is InChI=1S/C15H19NO/c17-15(16-12-8-4-5-9-12)14-10-13(14)11-6-2-1-3-7-11/h1-3,6-7,12-14H,4-5,8-10H2,(H,16,17)/t13-,14+/m0/s1. The molecule has 1 aromatic carbocycles. The molecule has 0 unspecified atom stereocenters. The van der Waals surface area contributed by atoms with Gasteiger partial charge in [0.25, 0.3) is 0 Å². The Hall–Kier alpha value is -1.31. The number of benzene rings is 1. The van der Waals surface area contributed by atoms with Crippen LogP contribution in [0, 0.1) is 5.92 Å². The highest BCUT2D eigenvalue weighted by atomic mass is 16.2. The summed E-state index contributed by atoms with van der Waals surface area (Å²) in [5.74, 6) is 0.987. The summed E-state index contributed by atoms with van der Waals surface area (Å²) in [6, 6.07) is 10.9. The van der Waals surface area contributed by atoms with E-state index in [1.165, 1.54) is 31.2 Å². The monoisotopic (exact) mass is 229 g/mol. The zero-order valence-corrected chi connectivity index (χ0v) is 10.1. The topological polar surface area (TPSA) is 29.1 Å². The van der Waals surface area contributed by atoms with Crippen LogP contribution >= 0.6 is 0 Å². The van der Waals surface area contributed by atoms with E-state index in [1.807, 2.05) is 6.07 Å². The summed E-state index contributed by atoms with van der Waals surface area (Å²) in [5, 5.41) is 3.20. The van der Waals surface area contributed by atoms with Crippen LogP contribution in [0.2, 0.25) is 0 Å². The van der Waals surface area contributed by atoms with Gasteiger partial charge < -0.3 is 5.32 Å². The molecule has 0 spiro atoms. The van der Waals surface area contributed by atoms with Gasteiger partial charge in [-0.3, -0.25) is 4.79 Å². The molecule has 0 saturated heterocycles. The second-order valence-electron chi connectivity index (χ2n) is 5.35. The van der Waals surface area contributed by atoms with Crippen molar-refractivity contribution in [1.29, 1.82) is 0 Å². The Kier molecular flexibility index (Phi) is 2.87. The molecule has 0 heterocycles. The first-order valence-corrected chi connectivity index (χ1v) is 6.70. The molecule has 2 aliphatic rings. The average molecular weight is 229 g/mol. The maximum atomic E-state index is 12.0. The van der Waals surface area contributed by atoms with Crippen molar-refractivity contribution in [2.24, 2.45) is 5.92 Å². The molecule has 0 aromatic heterocycles. The SMILES string of the molecule is O=C(NC1CCCC1)[C@@H]1C[C@H]1c1ccccc1. The van der Waals surface area contributed by atoms with Gasteiger partial charge in [0.05, 0.1) is 0 Å². The van der Waals surface area contributed by atoms with Gasteiger partial charge >= 0.3 is 0 Å². The molecule has 0 aliphatic heterocycles. The van der Waals surface area contributed by atoms with E-state index in [9.17, 15) is 4.79 Å². The van der Waals surface area contributed by atoms with Gasteiger partial charge in [-0.1, -0.05) is 43.2 Å². The minimum Gasteiger partial charge on any atom is -0.353 e. The first-order valence-electron chi connectivity index (χ1n) is 6.70. The average Bonchev–Trinajstić information content (AvgIpc) is 3.02. The number of carbonyl (C=O) groups excluding carboxylic acids is 1. The second-order valence-corrected chi connectivity index (χ2v) is 5.35. The van der Waals surface area contributed by atoms with Gasteiger partial charge in [-0.05, 0) is 30.7 Å². The Morgan fingerprint density at radius 1 is 1.12 bits per heavy atom. The van der Waals surface area contributed by atoms with E-state index in [-0.39, 0.29) is 11.8 Å². The maximum Gasteiger partial charge on any atom is 0.223 e. The number of hydrogen-bond donors (Lipinski definition) is 1. The third-order valence-electron chi connectivity index (χ3n) is 4.06. The maximum absolute atomic E-state index is 12.0. The Labute approximate surface area is 102 Å². The Balaban J connectivity index is 1.55. The lowest BCUT2D eigenvalue weighted by Crippen LogP contribution is -2.34. The lowest BCUT2D eigenvalue weighted by molar-refractivity contribution is -0.123. The van der Waals surface area contributed by atoms with E-state index in [4.69, 9.17) is 0 Å². The molecule has 2 saturated carbocycles. The number of amides is 1. The zero-order chi connectivity index (χ0) is 11.7. The molecule has 2 aliphatic carbocycles.